The molecule has 0 unspecified atom stereocenters. The summed E-state index contributed by atoms with van der Waals surface area (Å²) in [5, 5.41) is 1.06. The summed E-state index contributed by atoms with van der Waals surface area (Å²) in [6.07, 6.45) is 7.99. The summed E-state index contributed by atoms with van der Waals surface area (Å²) < 4.78 is 8.94. The summed E-state index contributed by atoms with van der Waals surface area (Å²) in [6, 6.07) is 6.80. The molecule has 0 atom stereocenters. The molecule has 3 heterocycles. The van der Waals surface area contributed by atoms with Crippen LogP contribution in [0.4, 0.5) is 0 Å². The molecule has 0 spiro atoms. The van der Waals surface area contributed by atoms with Crippen LogP contribution < -0.4 is 0 Å². The van der Waals surface area contributed by atoms with Crippen LogP contribution >= 0.6 is 15.9 Å². The van der Waals surface area contributed by atoms with Gasteiger partial charge in [0.05, 0.1) is 0 Å². The Morgan fingerprint density at radius 1 is 1.14 bits per heavy atom. The maximum Gasteiger partial charge on any atom is 0.170 e. The Morgan fingerprint density at radius 3 is 2.59 bits per heavy atom. The van der Waals surface area contributed by atoms with Crippen molar-refractivity contribution in [3.63, 3.8) is 0 Å². The van der Waals surface area contributed by atoms with Crippen molar-refractivity contribution in [3.8, 4) is 11.3 Å². The van der Waals surface area contributed by atoms with E-state index < -0.39 is 0 Å². The van der Waals surface area contributed by atoms with Gasteiger partial charge in [0, 0.05) is 23.4 Å². The Hall–Kier alpha value is -2.21. The second kappa shape index (κ2) is 6.39. The lowest BCUT2D eigenvalue weighted by Gasteiger charge is -2.20. The molecule has 0 N–H and O–H groups in total. The topological polar surface area (TPSA) is 56.7 Å². The summed E-state index contributed by atoms with van der Waals surface area (Å²) >= 11 is 3.44. The van der Waals surface area contributed by atoms with Gasteiger partial charge >= 0.3 is 0 Å². The van der Waals surface area contributed by atoms with Gasteiger partial charge in [0.2, 0.25) is 0 Å². The monoisotopic (exact) mass is 450 g/mol. The molecule has 0 bridgehead atoms. The van der Waals surface area contributed by atoms with Gasteiger partial charge in [-0.1, -0.05) is 6.92 Å². The largest absolute Gasteiger partial charge is 0.449 e. The second-order valence-electron chi connectivity index (χ2n) is 8.57. The number of aromatic nitrogens is 4. The molecule has 29 heavy (non-hydrogen) atoms. The van der Waals surface area contributed by atoms with Crippen LogP contribution in [0.5, 0.6) is 0 Å². The van der Waals surface area contributed by atoms with E-state index in [1.54, 1.807) is 6.33 Å². The number of aryl methyl sites for hydroxylation is 2. The van der Waals surface area contributed by atoms with E-state index in [2.05, 4.69) is 46.5 Å². The minimum Gasteiger partial charge on any atom is -0.449 e. The molecule has 0 saturated heterocycles. The summed E-state index contributed by atoms with van der Waals surface area (Å²) in [4.78, 5) is 14.5. The summed E-state index contributed by atoms with van der Waals surface area (Å²) in [5.74, 6) is 2.74. The number of benzene rings is 1. The fourth-order valence-electron chi connectivity index (χ4n) is 4.81. The van der Waals surface area contributed by atoms with Crippen molar-refractivity contribution >= 4 is 38.1 Å². The molecule has 2 fully saturated rings. The third-order valence-electron chi connectivity index (χ3n) is 6.46. The molecule has 6 heteroatoms. The molecular formula is C23H23BrN4O. The van der Waals surface area contributed by atoms with Crippen LogP contribution in [0.1, 0.15) is 50.0 Å². The molecule has 5 nitrogen and oxygen atoms in total. The van der Waals surface area contributed by atoms with Crippen molar-refractivity contribution in [1.29, 1.82) is 0 Å². The standard InChI is InChI=1S/C23H23BrN4O/c1-3-19-27-21-20(16-9-15-10-18(24)29-17(15)8-12(16)2)25-11-26-23(21)28(19)22(13-4-5-13)14-6-7-14/h8-11,13-14,22H,3-7H2,1-2H3. The van der Waals surface area contributed by atoms with Crippen molar-refractivity contribution in [2.75, 3.05) is 0 Å². The van der Waals surface area contributed by atoms with Crippen LogP contribution in [0.25, 0.3) is 33.4 Å². The normalized spacial score (nSPS) is 17.1. The van der Waals surface area contributed by atoms with Gasteiger partial charge in [0.25, 0.3) is 0 Å². The molecule has 0 amide bonds. The first-order valence-electron chi connectivity index (χ1n) is 10.6. The first-order chi connectivity index (χ1) is 14.1. The van der Waals surface area contributed by atoms with Gasteiger partial charge in [-0.3, -0.25) is 0 Å². The highest BCUT2D eigenvalue weighted by molar-refractivity contribution is 9.10. The minimum atomic E-state index is 0.561. The van der Waals surface area contributed by atoms with Gasteiger partial charge < -0.3 is 8.98 Å². The zero-order chi connectivity index (χ0) is 19.7. The lowest BCUT2D eigenvalue weighted by atomic mass is 10.0. The van der Waals surface area contributed by atoms with E-state index in [9.17, 15) is 0 Å². The molecule has 1 aromatic carbocycles. The van der Waals surface area contributed by atoms with Gasteiger partial charge in [-0.2, -0.15) is 0 Å². The zero-order valence-corrected chi connectivity index (χ0v) is 18.2. The van der Waals surface area contributed by atoms with Crippen molar-refractivity contribution in [3.05, 3.63) is 40.6 Å². The molecule has 148 valence electrons. The van der Waals surface area contributed by atoms with Gasteiger partial charge in [0.15, 0.2) is 10.3 Å². The molecule has 3 aromatic heterocycles. The molecule has 2 aliphatic rings. The molecular weight excluding hydrogens is 428 g/mol. The number of hydrogen-bond donors (Lipinski definition) is 0. The molecule has 0 aliphatic heterocycles. The highest BCUT2D eigenvalue weighted by Crippen LogP contribution is 2.53. The molecule has 6 rings (SSSR count). The van der Waals surface area contributed by atoms with E-state index in [1.165, 1.54) is 25.7 Å². The highest BCUT2D eigenvalue weighted by Gasteiger charge is 2.44. The van der Waals surface area contributed by atoms with Crippen LogP contribution in [0.3, 0.4) is 0 Å². The van der Waals surface area contributed by atoms with Crippen LogP contribution in [-0.2, 0) is 6.42 Å². The van der Waals surface area contributed by atoms with Gasteiger partial charge in [-0.25, -0.2) is 15.0 Å². The second-order valence-corrected chi connectivity index (χ2v) is 9.35. The SMILES string of the molecule is CCc1nc2c(-c3cc4cc(Br)oc4cc3C)ncnc2n1C(C1CC1)C1CC1. The fourth-order valence-corrected chi connectivity index (χ4v) is 5.23. The van der Waals surface area contributed by atoms with E-state index in [-0.39, 0.29) is 0 Å². The third kappa shape index (κ3) is 2.83. The zero-order valence-electron chi connectivity index (χ0n) is 16.7. The number of rotatable bonds is 5. The lowest BCUT2D eigenvalue weighted by molar-refractivity contribution is 0.391. The van der Waals surface area contributed by atoms with Gasteiger partial charge in [-0.05, 0) is 84.1 Å². The summed E-state index contributed by atoms with van der Waals surface area (Å²) in [7, 11) is 0. The Labute approximate surface area is 177 Å². The Morgan fingerprint density at radius 2 is 1.90 bits per heavy atom. The number of fused-ring (bicyclic) bond motifs is 2. The van der Waals surface area contributed by atoms with E-state index in [0.717, 1.165) is 67.7 Å². The molecule has 0 radical (unpaired) electrons. The van der Waals surface area contributed by atoms with E-state index in [0.29, 0.717) is 6.04 Å². The van der Waals surface area contributed by atoms with Crippen LogP contribution in [0.15, 0.2) is 33.6 Å². The summed E-state index contributed by atoms with van der Waals surface area (Å²) in [5.41, 5.74) is 5.97. The van der Waals surface area contributed by atoms with Crippen LogP contribution in [-0.4, -0.2) is 19.5 Å². The predicted octanol–water partition coefficient (Wildman–Crippen LogP) is 6.23. The highest BCUT2D eigenvalue weighted by atomic mass is 79.9. The number of imidazole rings is 1. The maximum absolute atomic E-state index is 5.73. The maximum atomic E-state index is 5.73. The summed E-state index contributed by atoms with van der Waals surface area (Å²) in [6.45, 7) is 4.30. The first kappa shape index (κ1) is 17.6. The first-order valence-corrected chi connectivity index (χ1v) is 11.3. The number of halogens is 1. The number of hydrogen-bond acceptors (Lipinski definition) is 4. The predicted molar refractivity (Wildman–Crippen MR) is 117 cm³/mol. The average Bonchev–Trinajstić information content (AvgIpc) is 3.62. The molecule has 2 aliphatic carbocycles. The quantitative estimate of drug-likeness (QED) is 0.361. The smallest absolute Gasteiger partial charge is 0.170 e. The average molecular weight is 451 g/mol. The van der Waals surface area contributed by atoms with Crippen LogP contribution in [0.2, 0.25) is 0 Å². The Balaban J connectivity index is 1.58. The van der Waals surface area contributed by atoms with E-state index in [1.807, 2.05) is 6.07 Å². The Kier molecular flexibility index (Phi) is 3.89. The molecule has 4 aromatic rings. The number of furan rings is 1. The van der Waals surface area contributed by atoms with Crippen molar-refractivity contribution < 1.29 is 4.42 Å². The van der Waals surface area contributed by atoms with Gasteiger partial charge in [0.1, 0.15) is 28.9 Å². The van der Waals surface area contributed by atoms with Crippen molar-refractivity contribution in [2.24, 2.45) is 11.8 Å². The minimum absolute atomic E-state index is 0.561. The fraction of sp³-hybridized carbons (Fsp3) is 0.435. The van der Waals surface area contributed by atoms with E-state index in [4.69, 9.17) is 19.4 Å². The molecule has 2 saturated carbocycles. The van der Waals surface area contributed by atoms with E-state index >= 15 is 0 Å². The van der Waals surface area contributed by atoms with Crippen molar-refractivity contribution in [1.82, 2.24) is 19.5 Å². The van der Waals surface area contributed by atoms with Crippen molar-refractivity contribution in [2.45, 2.75) is 52.0 Å². The lowest BCUT2D eigenvalue weighted by Crippen LogP contribution is -2.16. The van der Waals surface area contributed by atoms with Crippen LogP contribution in [0, 0.1) is 18.8 Å². The Bertz CT molecular complexity index is 1240. The number of nitrogens with zero attached hydrogens (tertiary/aromatic N) is 4. The van der Waals surface area contributed by atoms with Gasteiger partial charge in [-0.15, -0.1) is 0 Å². The third-order valence-corrected chi connectivity index (χ3v) is 6.85.